The molecule has 3 nitrogen and oxygen atoms in total. The Morgan fingerprint density at radius 2 is 2.33 bits per heavy atom. The molecule has 1 aliphatic heterocycles. The second-order valence-corrected chi connectivity index (χ2v) is 5.61. The lowest BCUT2D eigenvalue weighted by Crippen LogP contribution is -2.21. The first-order valence-electron chi connectivity index (χ1n) is 7.11. The van der Waals surface area contributed by atoms with Crippen LogP contribution in [0.5, 0.6) is 0 Å². The minimum absolute atomic E-state index is 0.0552. The standard InChI is InChI=1S/C16H17ClFNO2/c17-14-6-3-5-12(16(14)18)13(10-19)15(20)8-7-11-4-1-2-9-21-11/h3,5-6,11,13H,1-2,4,7-9H2. The summed E-state index contributed by atoms with van der Waals surface area (Å²) in [5.41, 5.74) is 0.0552. The molecule has 0 bridgehead atoms. The maximum Gasteiger partial charge on any atom is 0.154 e. The monoisotopic (exact) mass is 309 g/mol. The molecule has 2 rings (SSSR count). The van der Waals surface area contributed by atoms with E-state index in [0.717, 1.165) is 25.9 Å². The van der Waals surface area contributed by atoms with E-state index in [2.05, 4.69) is 0 Å². The molecule has 112 valence electrons. The molecule has 0 aromatic heterocycles. The fourth-order valence-corrected chi connectivity index (χ4v) is 2.72. The van der Waals surface area contributed by atoms with Crippen LogP contribution >= 0.6 is 11.6 Å². The van der Waals surface area contributed by atoms with E-state index in [4.69, 9.17) is 16.3 Å². The van der Waals surface area contributed by atoms with Crippen molar-refractivity contribution >= 4 is 17.4 Å². The average molecular weight is 310 g/mol. The van der Waals surface area contributed by atoms with Crippen molar-refractivity contribution in [2.45, 2.75) is 44.1 Å². The van der Waals surface area contributed by atoms with E-state index in [0.29, 0.717) is 6.42 Å². The lowest BCUT2D eigenvalue weighted by atomic mass is 9.91. The van der Waals surface area contributed by atoms with Crippen molar-refractivity contribution in [3.05, 3.63) is 34.6 Å². The van der Waals surface area contributed by atoms with E-state index in [1.54, 1.807) is 6.07 Å². The number of benzene rings is 1. The topological polar surface area (TPSA) is 50.1 Å². The summed E-state index contributed by atoms with van der Waals surface area (Å²) in [4.78, 5) is 12.2. The molecule has 0 amide bonds. The van der Waals surface area contributed by atoms with Crippen LogP contribution in [0, 0.1) is 17.1 Å². The molecule has 0 radical (unpaired) electrons. The highest BCUT2D eigenvalue weighted by Gasteiger charge is 2.25. The number of ketones is 1. The van der Waals surface area contributed by atoms with Gasteiger partial charge in [0.25, 0.3) is 0 Å². The molecule has 21 heavy (non-hydrogen) atoms. The van der Waals surface area contributed by atoms with Gasteiger partial charge in [-0.05, 0) is 31.7 Å². The Hall–Kier alpha value is -1.44. The highest BCUT2D eigenvalue weighted by atomic mass is 35.5. The lowest BCUT2D eigenvalue weighted by molar-refractivity contribution is -0.120. The van der Waals surface area contributed by atoms with Crippen LogP contribution in [0.2, 0.25) is 5.02 Å². The maximum absolute atomic E-state index is 13.9. The Bertz CT molecular complexity index is 550. The maximum atomic E-state index is 13.9. The van der Waals surface area contributed by atoms with Crippen LogP contribution in [0.3, 0.4) is 0 Å². The van der Waals surface area contributed by atoms with Crippen LogP contribution in [-0.2, 0) is 9.53 Å². The van der Waals surface area contributed by atoms with Crippen LogP contribution in [-0.4, -0.2) is 18.5 Å². The third kappa shape index (κ3) is 4.03. The molecule has 0 spiro atoms. The predicted molar refractivity (Wildman–Crippen MR) is 77.6 cm³/mol. The molecule has 1 fully saturated rings. The van der Waals surface area contributed by atoms with Gasteiger partial charge in [-0.25, -0.2) is 4.39 Å². The summed E-state index contributed by atoms with van der Waals surface area (Å²) < 4.78 is 19.5. The van der Waals surface area contributed by atoms with E-state index in [-0.39, 0.29) is 28.9 Å². The van der Waals surface area contributed by atoms with Crippen molar-refractivity contribution < 1.29 is 13.9 Å². The number of nitrogens with zero attached hydrogens (tertiary/aromatic N) is 1. The van der Waals surface area contributed by atoms with Gasteiger partial charge in [0.05, 0.1) is 17.2 Å². The Labute approximate surface area is 128 Å². The quantitative estimate of drug-likeness (QED) is 0.826. The van der Waals surface area contributed by atoms with Crippen molar-refractivity contribution in [2.75, 3.05) is 6.61 Å². The smallest absolute Gasteiger partial charge is 0.154 e. The minimum Gasteiger partial charge on any atom is -0.378 e. The zero-order valence-electron chi connectivity index (χ0n) is 11.6. The molecule has 2 unspecified atom stereocenters. The van der Waals surface area contributed by atoms with Crippen LogP contribution in [0.1, 0.15) is 43.6 Å². The van der Waals surface area contributed by atoms with Gasteiger partial charge in [-0.2, -0.15) is 5.26 Å². The predicted octanol–water partition coefficient (Wildman–Crippen LogP) is 4.00. The fraction of sp³-hybridized carbons (Fsp3) is 0.500. The van der Waals surface area contributed by atoms with Crippen molar-refractivity contribution in [3.8, 4) is 6.07 Å². The number of hydrogen-bond donors (Lipinski definition) is 0. The zero-order chi connectivity index (χ0) is 15.2. The van der Waals surface area contributed by atoms with Crippen LogP contribution < -0.4 is 0 Å². The van der Waals surface area contributed by atoms with Gasteiger partial charge >= 0.3 is 0 Å². The van der Waals surface area contributed by atoms with E-state index in [1.165, 1.54) is 12.1 Å². The van der Waals surface area contributed by atoms with E-state index in [9.17, 15) is 14.4 Å². The van der Waals surface area contributed by atoms with Gasteiger partial charge < -0.3 is 4.74 Å². The van der Waals surface area contributed by atoms with Gasteiger partial charge in [-0.3, -0.25) is 4.79 Å². The van der Waals surface area contributed by atoms with E-state index in [1.807, 2.05) is 6.07 Å². The largest absolute Gasteiger partial charge is 0.378 e. The third-order valence-electron chi connectivity index (χ3n) is 3.73. The molecule has 0 aliphatic carbocycles. The fourth-order valence-electron chi connectivity index (χ4n) is 2.54. The summed E-state index contributed by atoms with van der Waals surface area (Å²) >= 11 is 5.70. The first kappa shape index (κ1) is 15.9. The zero-order valence-corrected chi connectivity index (χ0v) is 12.4. The van der Waals surface area contributed by atoms with Gasteiger partial charge in [0.1, 0.15) is 11.7 Å². The highest BCUT2D eigenvalue weighted by Crippen LogP contribution is 2.27. The number of Topliss-reactive ketones (excluding diaryl/α,β-unsaturated/α-hetero) is 1. The SMILES string of the molecule is N#CC(C(=O)CCC1CCCCO1)c1cccc(Cl)c1F. The second kappa shape index (κ2) is 7.53. The van der Waals surface area contributed by atoms with Crippen molar-refractivity contribution in [1.29, 1.82) is 5.26 Å². The number of carbonyl (C=O) groups is 1. The van der Waals surface area contributed by atoms with Crippen LogP contribution in [0.15, 0.2) is 18.2 Å². The van der Waals surface area contributed by atoms with Crippen molar-refractivity contribution in [3.63, 3.8) is 0 Å². The van der Waals surface area contributed by atoms with Gasteiger partial charge in [0.2, 0.25) is 0 Å². The average Bonchev–Trinajstić information content (AvgIpc) is 2.51. The van der Waals surface area contributed by atoms with E-state index < -0.39 is 11.7 Å². The summed E-state index contributed by atoms with van der Waals surface area (Å²) in [5.74, 6) is -2.08. The molecule has 0 saturated carbocycles. The van der Waals surface area contributed by atoms with Crippen LogP contribution in [0.4, 0.5) is 4.39 Å². The molecule has 2 atom stereocenters. The second-order valence-electron chi connectivity index (χ2n) is 5.20. The Morgan fingerprint density at radius 3 is 3.00 bits per heavy atom. The Morgan fingerprint density at radius 1 is 1.52 bits per heavy atom. The summed E-state index contributed by atoms with van der Waals surface area (Å²) in [6.07, 6.45) is 3.97. The summed E-state index contributed by atoms with van der Waals surface area (Å²) in [6, 6.07) is 6.26. The van der Waals surface area contributed by atoms with Crippen LogP contribution in [0.25, 0.3) is 0 Å². The first-order valence-corrected chi connectivity index (χ1v) is 7.49. The molecule has 1 heterocycles. The molecular weight excluding hydrogens is 293 g/mol. The summed E-state index contributed by atoms with van der Waals surface area (Å²) in [7, 11) is 0. The molecule has 1 aliphatic rings. The molecule has 1 saturated heterocycles. The molecule has 1 aromatic carbocycles. The Balaban J connectivity index is 2.01. The van der Waals surface area contributed by atoms with Gasteiger partial charge in [0.15, 0.2) is 5.78 Å². The number of carbonyl (C=O) groups excluding carboxylic acids is 1. The van der Waals surface area contributed by atoms with Crippen molar-refractivity contribution in [1.82, 2.24) is 0 Å². The number of rotatable bonds is 5. The van der Waals surface area contributed by atoms with Gasteiger partial charge in [0, 0.05) is 18.6 Å². The van der Waals surface area contributed by atoms with Gasteiger partial charge in [-0.15, -0.1) is 0 Å². The molecular formula is C16H17ClFNO2. The Kier molecular flexibility index (Phi) is 5.72. The van der Waals surface area contributed by atoms with Gasteiger partial charge in [-0.1, -0.05) is 23.7 Å². The summed E-state index contributed by atoms with van der Waals surface area (Å²) in [6.45, 7) is 0.726. The summed E-state index contributed by atoms with van der Waals surface area (Å²) in [5, 5.41) is 9.12. The molecule has 1 aromatic rings. The first-order chi connectivity index (χ1) is 10.1. The third-order valence-corrected chi connectivity index (χ3v) is 4.02. The van der Waals surface area contributed by atoms with Crippen molar-refractivity contribution in [2.24, 2.45) is 0 Å². The number of hydrogen-bond acceptors (Lipinski definition) is 3. The number of nitriles is 1. The lowest BCUT2D eigenvalue weighted by Gasteiger charge is -2.22. The minimum atomic E-state index is -1.10. The number of ether oxygens (including phenoxy) is 1. The highest BCUT2D eigenvalue weighted by molar-refractivity contribution is 6.30. The normalized spacial score (nSPS) is 19.8. The molecule has 5 heteroatoms. The molecule has 0 N–H and O–H groups in total. The van der Waals surface area contributed by atoms with E-state index >= 15 is 0 Å². The number of halogens is 2.